The minimum absolute atomic E-state index is 0. The number of hydrogen-bond acceptors (Lipinski definition) is 1. The molecule has 0 saturated heterocycles. The molecule has 119 valence electrons. The van der Waals surface area contributed by atoms with E-state index in [1.54, 1.807) is 0 Å². The van der Waals surface area contributed by atoms with Gasteiger partial charge in [0.15, 0.2) is 11.4 Å². The highest BCUT2D eigenvalue weighted by Gasteiger charge is 2.32. The van der Waals surface area contributed by atoms with E-state index in [1.807, 2.05) is 0 Å². The van der Waals surface area contributed by atoms with Gasteiger partial charge in [0.05, 0.1) is 0 Å². The van der Waals surface area contributed by atoms with Crippen molar-refractivity contribution < 1.29 is 24.0 Å². The maximum atomic E-state index is 2.29. The standard InChI is InChI=1S/C22H19N.HI/c1-16-11-13-17(14-12-16)15-22-20-9-4-3-7-18(20)19-8-5-6-10-21(19)23(22)2;/h3-15H,1-2H3;1H/q+1;/p-1. The number of para-hydroxylation sites is 1. The molecule has 0 N–H and O–H groups in total. The monoisotopic (exact) mass is 424 g/mol. The van der Waals surface area contributed by atoms with Gasteiger partial charge in [-0.3, -0.25) is 0 Å². The number of nitrogens with zero attached hydrogens (tertiary/aromatic N) is 1. The van der Waals surface area contributed by atoms with E-state index in [1.165, 1.54) is 39.2 Å². The van der Waals surface area contributed by atoms with Gasteiger partial charge in [-0.1, -0.05) is 65.1 Å². The summed E-state index contributed by atoms with van der Waals surface area (Å²) in [4.78, 5) is 2.29. The van der Waals surface area contributed by atoms with Crippen LogP contribution in [0.15, 0.2) is 72.8 Å². The van der Waals surface area contributed by atoms with Gasteiger partial charge >= 0.3 is 0 Å². The molecule has 0 spiro atoms. The first kappa shape index (κ1) is 16.9. The lowest BCUT2D eigenvalue weighted by Crippen LogP contribution is -3.00. The first-order valence-corrected chi connectivity index (χ1v) is 7.95. The van der Waals surface area contributed by atoms with E-state index in [0.29, 0.717) is 0 Å². The quantitative estimate of drug-likeness (QED) is 0.419. The van der Waals surface area contributed by atoms with Crippen molar-refractivity contribution in [2.45, 2.75) is 6.92 Å². The smallest absolute Gasteiger partial charge is 0.194 e. The zero-order chi connectivity index (χ0) is 15.8. The zero-order valence-electron chi connectivity index (χ0n) is 13.8. The lowest BCUT2D eigenvalue weighted by atomic mass is 9.90. The molecule has 1 aliphatic heterocycles. The Morgan fingerprint density at radius 2 is 1.29 bits per heavy atom. The van der Waals surface area contributed by atoms with Gasteiger partial charge in [0, 0.05) is 28.8 Å². The Morgan fingerprint density at radius 1 is 0.708 bits per heavy atom. The molecule has 3 aromatic rings. The predicted molar refractivity (Wildman–Crippen MR) is 98.6 cm³/mol. The Balaban J connectivity index is 0.00000169. The number of hydrogen-bond donors (Lipinski definition) is 0. The molecule has 3 aromatic carbocycles. The summed E-state index contributed by atoms with van der Waals surface area (Å²) in [7, 11) is 2.15. The zero-order valence-corrected chi connectivity index (χ0v) is 16.0. The van der Waals surface area contributed by atoms with Crippen LogP contribution < -0.4 is 28.9 Å². The molecule has 24 heavy (non-hydrogen) atoms. The van der Waals surface area contributed by atoms with Crippen LogP contribution in [-0.4, -0.2) is 7.05 Å². The molecule has 0 atom stereocenters. The lowest BCUT2D eigenvalue weighted by Gasteiger charge is -2.21. The van der Waals surface area contributed by atoms with Crippen LogP contribution >= 0.6 is 0 Å². The summed E-state index contributed by atoms with van der Waals surface area (Å²) < 4.78 is 0. The Morgan fingerprint density at radius 3 is 2.00 bits per heavy atom. The molecule has 0 amide bonds. The molecule has 1 radical (unpaired) electrons. The Hall–Kier alpha value is -1.91. The fourth-order valence-corrected chi connectivity index (χ4v) is 3.24. The molecule has 1 aliphatic rings. The minimum atomic E-state index is 0. The Kier molecular flexibility index (Phi) is 4.88. The average molecular weight is 424 g/mol. The van der Waals surface area contributed by atoms with E-state index < -0.39 is 0 Å². The van der Waals surface area contributed by atoms with Gasteiger partial charge in [-0.25, -0.2) is 0 Å². The second kappa shape index (κ2) is 6.91. The third-order valence-electron chi connectivity index (χ3n) is 4.50. The minimum Gasteiger partial charge on any atom is -1.00 e. The first-order chi connectivity index (χ1) is 11.2. The maximum absolute atomic E-state index is 2.29. The van der Waals surface area contributed by atoms with Crippen molar-refractivity contribution in [2.24, 2.45) is 0 Å². The first-order valence-electron chi connectivity index (χ1n) is 7.95. The van der Waals surface area contributed by atoms with Gasteiger partial charge in [-0.15, -0.1) is 0 Å². The normalized spacial score (nSPS) is 14.7. The van der Waals surface area contributed by atoms with E-state index in [4.69, 9.17) is 0 Å². The van der Waals surface area contributed by atoms with Crippen LogP contribution in [0.5, 0.6) is 0 Å². The van der Waals surface area contributed by atoms with Crippen molar-refractivity contribution in [2.75, 3.05) is 7.05 Å². The van der Waals surface area contributed by atoms with Gasteiger partial charge in [0.2, 0.25) is 0 Å². The highest BCUT2D eigenvalue weighted by atomic mass is 127. The topological polar surface area (TPSA) is 5.90 Å². The highest BCUT2D eigenvalue weighted by molar-refractivity contribution is 5.98. The maximum Gasteiger partial charge on any atom is 0.194 e. The molecular weight excluding hydrogens is 405 g/mol. The number of rotatable bonds is 1. The summed E-state index contributed by atoms with van der Waals surface area (Å²) in [5.74, 6) is 0. The van der Waals surface area contributed by atoms with Crippen LogP contribution in [0.2, 0.25) is 0 Å². The number of aryl methyl sites for hydroxylation is 1. The molecule has 0 aliphatic carbocycles. The van der Waals surface area contributed by atoms with E-state index >= 15 is 0 Å². The van der Waals surface area contributed by atoms with Crippen molar-refractivity contribution in [3.05, 3.63) is 89.5 Å². The number of fused-ring (bicyclic) bond motifs is 3. The summed E-state index contributed by atoms with van der Waals surface area (Å²) in [6.07, 6.45) is 2.27. The summed E-state index contributed by atoms with van der Waals surface area (Å²) in [5.41, 5.74) is 8.90. The molecule has 1 nitrogen and oxygen atoms in total. The van der Waals surface area contributed by atoms with Gasteiger partial charge in [-0.05, 0) is 24.6 Å². The van der Waals surface area contributed by atoms with Crippen LogP contribution in [0, 0.1) is 6.92 Å². The summed E-state index contributed by atoms with van der Waals surface area (Å²) in [6.45, 7) is 2.12. The van der Waals surface area contributed by atoms with Gasteiger partial charge in [0.1, 0.15) is 7.05 Å². The summed E-state index contributed by atoms with van der Waals surface area (Å²) >= 11 is 0. The van der Waals surface area contributed by atoms with E-state index in [0.717, 1.165) is 0 Å². The molecule has 0 bridgehead atoms. The van der Waals surface area contributed by atoms with E-state index in [9.17, 15) is 0 Å². The Bertz CT molecular complexity index is 894. The SMILES string of the molecule is Cc1ccc(C=C2c3ccccc3-c3ccccc3[N+]2C)cc1.[I-]. The van der Waals surface area contributed by atoms with Crippen LogP contribution in [-0.2, 0) is 0 Å². The molecule has 1 heterocycles. The second-order valence-electron chi connectivity index (χ2n) is 6.06. The third kappa shape index (κ3) is 2.92. The molecule has 0 saturated carbocycles. The molecule has 4 rings (SSSR count). The molecular formula is C22H19IN. The number of halogens is 1. The van der Waals surface area contributed by atoms with Crippen molar-refractivity contribution in [1.82, 2.24) is 4.90 Å². The number of benzene rings is 3. The highest BCUT2D eigenvalue weighted by Crippen LogP contribution is 2.43. The van der Waals surface area contributed by atoms with Crippen LogP contribution in [0.3, 0.4) is 0 Å². The van der Waals surface area contributed by atoms with Gasteiger partial charge in [-0.2, -0.15) is 0 Å². The van der Waals surface area contributed by atoms with Crippen LogP contribution in [0.1, 0.15) is 16.7 Å². The molecule has 2 heteroatoms. The molecule has 0 unspecified atom stereocenters. The van der Waals surface area contributed by atoms with Gasteiger partial charge in [0.25, 0.3) is 0 Å². The van der Waals surface area contributed by atoms with Crippen molar-refractivity contribution in [1.29, 1.82) is 0 Å². The average Bonchev–Trinajstić information content (AvgIpc) is 2.60. The van der Waals surface area contributed by atoms with Crippen LogP contribution in [0.25, 0.3) is 22.9 Å². The largest absolute Gasteiger partial charge is 1.00 e. The fraction of sp³-hybridized carbons (Fsp3) is 0.0909. The summed E-state index contributed by atoms with van der Waals surface area (Å²) in [5, 5.41) is 0. The molecule has 0 fully saturated rings. The van der Waals surface area contributed by atoms with Gasteiger partial charge < -0.3 is 24.0 Å². The van der Waals surface area contributed by atoms with E-state index in [-0.39, 0.29) is 24.0 Å². The predicted octanol–water partition coefficient (Wildman–Crippen LogP) is 2.58. The second-order valence-corrected chi connectivity index (χ2v) is 6.06. The fourth-order valence-electron chi connectivity index (χ4n) is 3.24. The van der Waals surface area contributed by atoms with Crippen molar-refractivity contribution in [3.63, 3.8) is 0 Å². The number of anilines is 1. The van der Waals surface area contributed by atoms with Crippen molar-refractivity contribution >= 4 is 17.5 Å². The third-order valence-corrected chi connectivity index (χ3v) is 4.50. The lowest BCUT2D eigenvalue weighted by molar-refractivity contribution is -0.00000448. The van der Waals surface area contributed by atoms with E-state index in [2.05, 4.69) is 97.7 Å². The summed E-state index contributed by atoms with van der Waals surface area (Å²) in [6, 6.07) is 25.9. The van der Waals surface area contributed by atoms with Crippen LogP contribution in [0.4, 0.5) is 5.69 Å². The molecule has 0 aromatic heterocycles. The van der Waals surface area contributed by atoms with Crippen molar-refractivity contribution in [3.8, 4) is 11.1 Å². The Labute approximate surface area is 160 Å².